The highest BCUT2D eigenvalue weighted by Gasteiger charge is 2.23. The van der Waals surface area contributed by atoms with Crippen LogP contribution in [-0.2, 0) is 17.9 Å². The van der Waals surface area contributed by atoms with E-state index in [2.05, 4.69) is 15.2 Å². The average molecular weight is 373 g/mol. The second-order valence-electron chi connectivity index (χ2n) is 6.44. The molecule has 0 bridgehead atoms. The second-order valence-corrected chi connectivity index (χ2v) is 7.38. The number of hydrogen-bond donors (Lipinski definition) is 3. The van der Waals surface area contributed by atoms with Crippen LogP contribution in [0.15, 0.2) is 29.6 Å². The number of aromatic nitrogens is 1. The minimum absolute atomic E-state index is 0.00612. The molecule has 2 amide bonds. The van der Waals surface area contributed by atoms with Crippen molar-refractivity contribution in [3.05, 3.63) is 45.9 Å². The summed E-state index contributed by atoms with van der Waals surface area (Å²) in [6.45, 7) is 2.82. The normalized spacial score (nSPS) is 15.7. The molecule has 26 heavy (non-hydrogen) atoms. The molecule has 138 valence electrons. The fourth-order valence-corrected chi connectivity index (χ4v) is 3.74. The Morgan fingerprint density at radius 1 is 1.31 bits per heavy atom. The number of piperidine rings is 1. The van der Waals surface area contributed by atoms with Crippen LogP contribution >= 0.6 is 11.3 Å². The number of nitrogens with one attached hydrogen (secondary N) is 1. The number of nitrogens with two attached hydrogens (primary N) is 2. The van der Waals surface area contributed by atoms with Crippen LogP contribution in [0.2, 0.25) is 0 Å². The lowest BCUT2D eigenvalue weighted by Crippen LogP contribution is -2.38. The Morgan fingerprint density at radius 3 is 2.73 bits per heavy atom. The maximum absolute atomic E-state index is 12.3. The lowest BCUT2D eigenvalue weighted by molar-refractivity contribution is -0.123. The summed E-state index contributed by atoms with van der Waals surface area (Å²) in [5.41, 5.74) is 13.2. The van der Waals surface area contributed by atoms with Crippen LogP contribution in [0, 0.1) is 5.92 Å². The van der Waals surface area contributed by atoms with E-state index in [1.165, 1.54) is 11.3 Å². The number of benzene rings is 1. The fraction of sp³-hybridized carbons (Fsp3) is 0.389. The molecule has 5 N–H and O–H groups in total. The van der Waals surface area contributed by atoms with Crippen molar-refractivity contribution >= 4 is 28.8 Å². The van der Waals surface area contributed by atoms with E-state index in [9.17, 15) is 9.59 Å². The quantitative estimate of drug-likeness (QED) is 0.711. The second kappa shape index (κ2) is 8.39. The predicted molar refractivity (Wildman–Crippen MR) is 102 cm³/mol. The molecule has 1 aliphatic rings. The molecule has 1 aliphatic heterocycles. The molecule has 0 radical (unpaired) electrons. The minimum atomic E-state index is -0.236. The van der Waals surface area contributed by atoms with Crippen LogP contribution in [0.25, 0.3) is 0 Å². The predicted octanol–water partition coefficient (Wildman–Crippen LogP) is 1.55. The number of anilines is 1. The summed E-state index contributed by atoms with van der Waals surface area (Å²) in [4.78, 5) is 30.0. The molecule has 3 rings (SSSR count). The molecule has 2 aromatic rings. The van der Waals surface area contributed by atoms with E-state index >= 15 is 0 Å². The maximum atomic E-state index is 12.3. The number of amides is 2. The lowest BCUT2D eigenvalue weighted by Gasteiger charge is -2.30. The van der Waals surface area contributed by atoms with Crippen molar-refractivity contribution in [2.24, 2.45) is 17.4 Å². The first kappa shape index (κ1) is 18.5. The van der Waals surface area contributed by atoms with Crippen molar-refractivity contribution in [3.63, 3.8) is 0 Å². The maximum Gasteiger partial charge on any atom is 0.275 e. The zero-order valence-corrected chi connectivity index (χ0v) is 15.3. The number of primary amides is 1. The molecule has 0 unspecified atom stereocenters. The first-order valence-corrected chi connectivity index (χ1v) is 9.49. The van der Waals surface area contributed by atoms with Crippen LogP contribution < -0.4 is 16.8 Å². The third kappa shape index (κ3) is 4.66. The largest absolute Gasteiger partial charge is 0.369 e. The van der Waals surface area contributed by atoms with Crippen molar-refractivity contribution in [1.29, 1.82) is 0 Å². The van der Waals surface area contributed by atoms with Crippen LogP contribution in [-0.4, -0.2) is 34.8 Å². The Morgan fingerprint density at radius 2 is 2.08 bits per heavy atom. The van der Waals surface area contributed by atoms with Gasteiger partial charge in [-0.25, -0.2) is 4.98 Å². The third-order valence-corrected chi connectivity index (χ3v) is 5.41. The molecule has 0 atom stereocenters. The average Bonchev–Trinajstić information content (AvgIpc) is 3.12. The minimum Gasteiger partial charge on any atom is -0.369 e. The van der Waals surface area contributed by atoms with E-state index in [-0.39, 0.29) is 17.7 Å². The summed E-state index contributed by atoms with van der Waals surface area (Å²) < 4.78 is 0. The molecular formula is C18H23N5O2S. The number of hydrogen-bond acceptors (Lipinski definition) is 6. The number of nitrogens with zero attached hydrogens (tertiary/aromatic N) is 2. The van der Waals surface area contributed by atoms with E-state index < -0.39 is 0 Å². The summed E-state index contributed by atoms with van der Waals surface area (Å²) >= 11 is 1.38. The van der Waals surface area contributed by atoms with Gasteiger partial charge in [0.15, 0.2) is 0 Å². The van der Waals surface area contributed by atoms with Crippen LogP contribution in [0.3, 0.4) is 0 Å². The highest BCUT2D eigenvalue weighted by Crippen LogP contribution is 2.20. The van der Waals surface area contributed by atoms with Crippen molar-refractivity contribution < 1.29 is 9.59 Å². The van der Waals surface area contributed by atoms with Crippen molar-refractivity contribution in [2.75, 3.05) is 18.4 Å². The number of carbonyl (C=O) groups is 2. The van der Waals surface area contributed by atoms with Gasteiger partial charge in [0.1, 0.15) is 10.7 Å². The van der Waals surface area contributed by atoms with Crippen LogP contribution in [0.4, 0.5) is 5.69 Å². The summed E-state index contributed by atoms with van der Waals surface area (Å²) in [5.74, 6) is -0.442. The van der Waals surface area contributed by atoms with Crippen molar-refractivity contribution in [1.82, 2.24) is 9.88 Å². The zero-order chi connectivity index (χ0) is 18.5. The highest BCUT2D eigenvalue weighted by atomic mass is 32.1. The molecule has 1 saturated heterocycles. The molecule has 0 spiro atoms. The first-order valence-electron chi connectivity index (χ1n) is 8.61. The van der Waals surface area contributed by atoms with Crippen molar-refractivity contribution in [2.45, 2.75) is 25.9 Å². The topological polar surface area (TPSA) is 114 Å². The molecule has 1 aromatic carbocycles. The van der Waals surface area contributed by atoms with E-state index in [4.69, 9.17) is 11.5 Å². The Hall–Kier alpha value is -2.29. The molecule has 0 aliphatic carbocycles. The monoisotopic (exact) mass is 373 g/mol. The number of carbonyl (C=O) groups excluding carboxylic acids is 2. The zero-order valence-electron chi connectivity index (χ0n) is 14.5. The Bertz CT molecular complexity index is 783. The number of likely N-dealkylation sites (tertiary alicyclic amines) is 1. The van der Waals surface area contributed by atoms with Gasteiger partial charge in [0.25, 0.3) is 5.91 Å². The van der Waals surface area contributed by atoms with E-state index in [1.54, 1.807) is 5.38 Å². The van der Waals surface area contributed by atoms with Gasteiger partial charge < -0.3 is 16.8 Å². The van der Waals surface area contributed by atoms with Gasteiger partial charge in [-0.05, 0) is 43.6 Å². The SMILES string of the molecule is NCc1nc(C(=O)Nc2cccc(CN3CCC(C(N)=O)CC3)c2)cs1. The summed E-state index contributed by atoms with van der Waals surface area (Å²) in [6, 6.07) is 7.78. The first-order chi connectivity index (χ1) is 12.5. The Kier molecular flexibility index (Phi) is 5.97. The molecular weight excluding hydrogens is 350 g/mol. The number of thiazole rings is 1. The van der Waals surface area contributed by atoms with Gasteiger partial charge in [-0.2, -0.15) is 0 Å². The fourth-order valence-electron chi connectivity index (χ4n) is 3.09. The molecule has 1 aromatic heterocycles. The summed E-state index contributed by atoms with van der Waals surface area (Å²) in [7, 11) is 0. The van der Waals surface area contributed by atoms with Gasteiger partial charge in [0, 0.05) is 30.1 Å². The molecule has 1 fully saturated rings. The highest BCUT2D eigenvalue weighted by molar-refractivity contribution is 7.09. The van der Waals surface area contributed by atoms with Gasteiger partial charge >= 0.3 is 0 Å². The van der Waals surface area contributed by atoms with E-state index in [0.29, 0.717) is 12.2 Å². The summed E-state index contributed by atoms with van der Waals surface area (Å²) in [6.07, 6.45) is 1.61. The Labute approximate surface area is 156 Å². The third-order valence-electron chi connectivity index (χ3n) is 4.54. The number of rotatable bonds is 6. The molecule has 0 saturated carbocycles. The van der Waals surface area contributed by atoms with Gasteiger partial charge in [0.05, 0.1) is 0 Å². The molecule has 2 heterocycles. The lowest BCUT2D eigenvalue weighted by atomic mass is 9.96. The van der Waals surface area contributed by atoms with Gasteiger partial charge in [-0.15, -0.1) is 11.3 Å². The van der Waals surface area contributed by atoms with Crippen LogP contribution in [0.1, 0.15) is 33.9 Å². The van der Waals surface area contributed by atoms with Crippen molar-refractivity contribution in [3.8, 4) is 0 Å². The standard InChI is InChI=1S/C18H23N5O2S/c19-9-16-22-15(11-26-16)18(25)21-14-3-1-2-12(8-14)10-23-6-4-13(5-7-23)17(20)24/h1-3,8,11,13H,4-7,9-10,19H2,(H2,20,24)(H,21,25). The van der Waals surface area contributed by atoms with E-state index in [1.807, 2.05) is 24.3 Å². The smallest absolute Gasteiger partial charge is 0.275 e. The van der Waals surface area contributed by atoms with Gasteiger partial charge in [-0.3, -0.25) is 14.5 Å². The Balaban J connectivity index is 1.58. The van der Waals surface area contributed by atoms with Gasteiger partial charge in [-0.1, -0.05) is 12.1 Å². The van der Waals surface area contributed by atoms with Crippen LogP contribution in [0.5, 0.6) is 0 Å². The van der Waals surface area contributed by atoms with Gasteiger partial charge in [0.2, 0.25) is 5.91 Å². The molecule has 8 heteroatoms. The summed E-state index contributed by atoms with van der Waals surface area (Å²) in [5, 5.41) is 5.33. The molecule has 7 nitrogen and oxygen atoms in total. The van der Waals surface area contributed by atoms with E-state index in [0.717, 1.165) is 48.7 Å².